The molecule has 0 heterocycles. The molecule has 0 fully saturated rings. The SMILES string of the molecule is O=C(COC(=O)COc1cccc(F)c1)Nc1ccccc1Cl. The highest BCUT2D eigenvalue weighted by Crippen LogP contribution is 2.20. The van der Waals surface area contributed by atoms with Gasteiger partial charge in [-0.3, -0.25) is 4.79 Å². The van der Waals surface area contributed by atoms with E-state index in [1.165, 1.54) is 18.2 Å². The lowest BCUT2D eigenvalue weighted by molar-refractivity contribution is -0.149. The highest BCUT2D eigenvalue weighted by Gasteiger charge is 2.10. The molecule has 120 valence electrons. The summed E-state index contributed by atoms with van der Waals surface area (Å²) in [6.45, 7) is -0.903. The highest BCUT2D eigenvalue weighted by molar-refractivity contribution is 6.33. The molecule has 0 unspecified atom stereocenters. The van der Waals surface area contributed by atoms with Gasteiger partial charge in [0.15, 0.2) is 13.2 Å². The second kappa shape index (κ2) is 8.14. The summed E-state index contributed by atoms with van der Waals surface area (Å²) in [6.07, 6.45) is 0. The molecule has 0 spiro atoms. The minimum absolute atomic E-state index is 0.197. The standard InChI is InChI=1S/C16H13ClFNO4/c17-13-6-1-2-7-14(13)19-15(20)9-23-16(21)10-22-12-5-3-4-11(18)8-12/h1-8H,9-10H2,(H,19,20). The molecule has 1 N–H and O–H groups in total. The van der Waals surface area contributed by atoms with Gasteiger partial charge in [-0.2, -0.15) is 0 Å². The fourth-order valence-electron chi connectivity index (χ4n) is 1.64. The van der Waals surface area contributed by atoms with Gasteiger partial charge in [-0.15, -0.1) is 0 Å². The summed E-state index contributed by atoms with van der Waals surface area (Å²) in [5.41, 5.74) is 0.422. The molecule has 2 aromatic rings. The van der Waals surface area contributed by atoms with Crippen molar-refractivity contribution in [2.24, 2.45) is 0 Å². The van der Waals surface area contributed by atoms with Crippen LogP contribution in [0.25, 0.3) is 0 Å². The maximum absolute atomic E-state index is 12.9. The second-order valence-electron chi connectivity index (χ2n) is 4.43. The first-order valence-corrected chi connectivity index (χ1v) is 7.01. The lowest BCUT2D eigenvalue weighted by Gasteiger charge is -2.08. The van der Waals surface area contributed by atoms with E-state index in [1.54, 1.807) is 24.3 Å². The maximum atomic E-state index is 12.9. The number of anilines is 1. The summed E-state index contributed by atoms with van der Waals surface area (Å²) in [4.78, 5) is 23.1. The van der Waals surface area contributed by atoms with E-state index in [-0.39, 0.29) is 5.75 Å². The van der Waals surface area contributed by atoms with Crippen molar-refractivity contribution in [2.75, 3.05) is 18.5 Å². The zero-order chi connectivity index (χ0) is 16.7. The molecule has 0 saturated carbocycles. The van der Waals surface area contributed by atoms with Crippen LogP contribution in [0, 0.1) is 5.82 Å². The molecule has 0 atom stereocenters. The van der Waals surface area contributed by atoms with E-state index < -0.39 is 30.9 Å². The Balaban J connectivity index is 1.74. The number of benzene rings is 2. The smallest absolute Gasteiger partial charge is 0.344 e. The molecule has 0 radical (unpaired) electrons. The first kappa shape index (κ1) is 16.8. The van der Waals surface area contributed by atoms with Crippen molar-refractivity contribution in [3.05, 3.63) is 59.4 Å². The zero-order valence-corrected chi connectivity index (χ0v) is 12.7. The first-order valence-electron chi connectivity index (χ1n) is 6.63. The van der Waals surface area contributed by atoms with Crippen molar-refractivity contribution in [1.29, 1.82) is 0 Å². The summed E-state index contributed by atoms with van der Waals surface area (Å²) >= 11 is 5.89. The summed E-state index contributed by atoms with van der Waals surface area (Å²) in [5, 5.41) is 2.88. The Labute approximate surface area is 137 Å². The van der Waals surface area contributed by atoms with E-state index in [9.17, 15) is 14.0 Å². The monoisotopic (exact) mass is 337 g/mol. The molecule has 0 saturated heterocycles. The average Bonchev–Trinajstić information content (AvgIpc) is 2.53. The second-order valence-corrected chi connectivity index (χ2v) is 4.84. The molecule has 0 aliphatic rings. The maximum Gasteiger partial charge on any atom is 0.344 e. The predicted octanol–water partition coefficient (Wildman–Crippen LogP) is 3.04. The third kappa shape index (κ3) is 5.60. The summed E-state index contributed by atoms with van der Waals surface area (Å²) in [6, 6.07) is 12.0. The fourth-order valence-corrected chi connectivity index (χ4v) is 1.82. The van der Waals surface area contributed by atoms with Crippen LogP contribution in [0.4, 0.5) is 10.1 Å². The lowest BCUT2D eigenvalue weighted by Crippen LogP contribution is -2.23. The van der Waals surface area contributed by atoms with Gasteiger partial charge < -0.3 is 14.8 Å². The number of halogens is 2. The average molecular weight is 338 g/mol. The van der Waals surface area contributed by atoms with E-state index in [4.69, 9.17) is 21.1 Å². The zero-order valence-electron chi connectivity index (χ0n) is 11.9. The number of ether oxygens (including phenoxy) is 2. The van der Waals surface area contributed by atoms with Crippen molar-refractivity contribution in [3.8, 4) is 5.75 Å². The van der Waals surface area contributed by atoms with Crippen LogP contribution in [0.1, 0.15) is 0 Å². The fraction of sp³-hybridized carbons (Fsp3) is 0.125. The number of hydrogen-bond acceptors (Lipinski definition) is 4. The van der Waals surface area contributed by atoms with Gasteiger partial charge in [-0.25, -0.2) is 9.18 Å². The number of para-hydroxylation sites is 1. The number of hydrogen-bond donors (Lipinski definition) is 1. The van der Waals surface area contributed by atoms with Gasteiger partial charge in [0.1, 0.15) is 11.6 Å². The van der Waals surface area contributed by atoms with E-state index in [1.807, 2.05) is 0 Å². The molecule has 2 aromatic carbocycles. The van der Waals surface area contributed by atoms with Crippen molar-refractivity contribution in [2.45, 2.75) is 0 Å². The van der Waals surface area contributed by atoms with Crippen molar-refractivity contribution in [3.63, 3.8) is 0 Å². The summed E-state index contributed by atoms with van der Waals surface area (Å²) < 4.78 is 22.7. The Morgan fingerprint density at radius 2 is 1.87 bits per heavy atom. The van der Waals surface area contributed by atoms with Gasteiger partial charge in [0.05, 0.1) is 10.7 Å². The topological polar surface area (TPSA) is 64.6 Å². The van der Waals surface area contributed by atoms with Crippen LogP contribution in [0.3, 0.4) is 0 Å². The van der Waals surface area contributed by atoms with E-state index >= 15 is 0 Å². The summed E-state index contributed by atoms with van der Waals surface area (Å²) in [7, 11) is 0. The third-order valence-electron chi connectivity index (χ3n) is 2.66. The summed E-state index contributed by atoms with van der Waals surface area (Å²) in [5.74, 6) is -1.56. The number of rotatable bonds is 6. The van der Waals surface area contributed by atoms with Gasteiger partial charge in [0.25, 0.3) is 5.91 Å². The molecule has 7 heteroatoms. The molecule has 0 aromatic heterocycles. The normalized spacial score (nSPS) is 10.0. The first-order chi connectivity index (χ1) is 11.0. The quantitative estimate of drug-likeness (QED) is 0.823. The Bertz CT molecular complexity index is 708. The van der Waals surface area contributed by atoms with Crippen LogP contribution in [0.15, 0.2) is 48.5 Å². The molecule has 23 heavy (non-hydrogen) atoms. The van der Waals surface area contributed by atoms with Gasteiger partial charge >= 0.3 is 5.97 Å². The number of carbonyl (C=O) groups is 2. The van der Waals surface area contributed by atoms with Gasteiger partial charge in [0.2, 0.25) is 0 Å². The van der Waals surface area contributed by atoms with Gasteiger partial charge in [-0.1, -0.05) is 29.8 Å². The Morgan fingerprint density at radius 3 is 2.61 bits per heavy atom. The molecule has 0 bridgehead atoms. The Hall–Kier alpha value is -2.60. The Kier molecular flexibility index (Phi) is 5.94. The highest BCUT2D eigenvalue weighted by atomic mass is 35.5. The molecule has 1 amide bonds. The van der Waals surface area contributed by atoms with E-state index in [2.05, 4.69) is 5.32 Å². The van der Waals surface area contributed by atoms with Gasteiger partial charge in [0, 0.05) is 6.07 Å². The van der Waals surface area contributed by atoms with Crippen LogP contribution in [0.5, 0.6) is 5.75 Å². The van der Waals surface area contributed by atoms with Crippen molar-refractivity contribution >= 4 is 29.2 Å². The predicted molar refractivity (Wildman–Crippen MR) is 82.9 cm³/mol. The number of nitrogens with one attached hydrogen (secondary N) is 1. The van der Waals surface area contributed by atoms with Crippen LogP contribution in [-0.4, -0.2) is 25.1 Å². The van der Waals surface area contributed by atoms with Crippen LogP contribution in [-0.2, 0) is 14.3 Å². The molecule has 2 rings (SSSR count). The molecule has 0 aliphatic heterocycles. The largest absolute Gasteiger partial charge is 0.482 e. The van der Waals surface area contributed by atoms with Gasteiger partial charge in [-0.05, 0) is 24.3 Å². The third-order valence-corrected chi connectivity index (χ3v) is 2.99. The lowest BCUT2D eigenvalue weighted by atomic mass is 10.3. The minimum Gasteiger partial charge on any atom is -0.482 e. The molecular formula is C16H13ClFNO4. The number of carbonyl (C=O) groups excluding carboxylic acids is 2. The number of amides is 1. The molecule has 5 nitrogen and oxygen atoms in total. The number of esters is 1. The van der Waals surface area contributed by atoms with E-state index in [0.717, 1.165) is 6.07 Å². The minimum atomic E-state index is -0.747. The molecule has 0 aliphatic carbocycles. The molecular weight excluding hydrogens is 325 g/mol. The Morgan fingerprint density at radius 1 is 1.09 bits per heavy atom. The van der Waals surface area contributed by atoms with Crippen LogP contribution in [0.2, 0.25) is 5.02 Å². The van der Waals surface area contributed by atoms with Crippen LogP contribution >= 0.6 is 11.6 Å². The van der Waals surface area contributed by atoms with Crippen molar-refractivity contribution < 1.29 is 23.5 Å². The van der Waals surface area contributed by atoms with E-state index in [0.29, 0.717) is 10.7 Å². The van der Waals surface area contributed by atoms with Crippen LogP contribution < -0.4 is 10.1 Å². The van der Waals surface area contributed by atoms with Crippen molar-refractivity contribution in [1.82, 2.24) is 0 Å².